The summed E-state index contributed by atoms with van der Waals surface area (Å²) in [4.78, 5) is 28.7. The third-order valence-electron chi connectivity index (χ3n) is 9.65. The van der Waals surface area contributed by atoms with Crippen molar-refractivity contribution in [1.82, 2.24) is 10.2 Å². The molecule has 0 bridgehead atoms. The maximum atomic E-state index is 13.4. The van der Waals surface area contributed by atoms with Crippen LogP contribution in [0.15, 0.2) is 11.6 Å². The van der Waals surface area contributed by atoms with Gasteiger partial charge in [0.05, 0.1) is 0 Å². The molecule has 180 valence electrons. The van der Waals surface area contributed by atoms with Crippen LogP contribution in [-0.2, 0) is 9.59 Å². The number of rotatable bonds is 3. The SMILES string of the molecule is CN1C(=O)C(C(=O)NC(C)(C)CC(C)(C)C)=C[C@@]2(C)C1CC[C@@H]1[C@H]2CC[C@]2(C)CCC[C@@H]12. The van der Waals surface area contributed by atoms with Gasteiger partial charge in [-0.3, -0.25) is 9.59 Å². The van der Waals surface area contributed by atoms with Gasteiger partial charge < -0.3 is 10.2 Å². The number of nitrogens with one attached hydrogen (secondary N) is 1. The first-order valence-electron chi connectivity index (χ1n) is 13.0. The van der Waals surface area contributed by atoms with Crippen LogP contribution in [0.2, 0.25) is 0 Å². The van der Waals surface area contributed by atoms with Gasteiger partial charge in [0.2, 0.25) is 0 Å². The quantitative estimate of drug-likeness (QED) is 0.569. The predicted octanol–water partition coefficient (Wildman–Crippen LogP) is 5.72. The Hall–Kier alpha value is -1.32. The van der Waals surface area contributed by atoms with Crippen LogP contribution < -0.4 is 5.32 Å². The smallest absolute Gasteiger partial charge is 0.259 e. The van der Waals surface area contributed by atoms with E-state index < -0.39 is 0 Å². The van der Waals surface area contributed by atoms with Crippen LogP contribution >= 0.6 is 0 Å². The highest BCUT2D eigenvalue weighted by atomic mass is 16.2. The molecule has 4 nitrogen and oxygen atoms in total. The average Bonchev–Trinajstić information content (AvgIpc) is 3.04. The molecule has 6 atom stereocenters. The molecule has 0 saturated heterocycles. The first kappa shape index (κ1) is 23.8. The summed E-state index contributed by atoms with van der Waals surface area (Å²) >= 11 is 0. The standard InChI is InChI=1S/C28H46N2O2/c1-25(2,3)17-26(4,5)29-23(31)19-16-28(7)21-13-15-27(6)14-9-10-20(27)18(21)11-12-22(28)30(8)24(19)32/h16,18,20-22H,9-15,17H2,1-8H3,(H,29,31)/t18-,20-,21+,22?,27-,28+/m0/s1. The molecule has 3 aliphatic carbocycles. The first-order valence-corrected chi connectivity index (χ1v) is 13.0. The number of carbonyl (C=O) groups excluding carboxylic acids is 2. The maximum Gasteiger partial charge on any atom is 0.259 e. The second-order valence-electron chi connectivity index (χ2n) is 14.0. The van der Waals surface area contributed by atoms with Crippen molar-refractivity contribution in [2.45, 2.75) is 111 Å². The van der Waals surface area contributed by atoms with Gasteiger partial charge in [-0.25, -0.2) is 0 Å². The minimum atomic E-state index is -0.363. The maximum absolute atomic E-state index is 13.4. The summed E-state index contributed by atoms with van der Waals surface area (Å²) in [5, 5.41) is 3.21. The molecule has 3 saturated carbocycles. The molecule has 0 aromatic heterocycles. The van der Waals surface area contributed by atoms with Crippen LogP contribution in [0.5, 0.6) is 0 Å². The Morgan fingerprint density at radius 3 is 2.41 bits per heavy atom. The fourth-order valence-corrected chi connectivity index (χ4v) is 8.79. The number of fused-ring (bicyclic) bond motifs is 5. The molecular weight excluding hydrogens is 396 g/mol. The van der Waals surface area contributed by atoms with E-state index >= 15 is 0 Å². The fourth-order valence-electron chi connectivity index (χ4n) is 8.79. The van der Waals surface area contributed by atoms with E-state index in [-0.39, 0.29) is 34.2 Å². The summed E-state index contributed by atoms with van der Waals surface area (Å²) in [7, 11) is 1.93. The van der Waals surface area contributed by atoms with Gasteiger partial charge in [0.1, 0.15) is 5.57 Å². The second-order valence-corrected chi connectivity index (χ2v) is 14.0. The van der Waals surface area contributed by atoms with E-state index in [1.165, 1.54) is 38.5 Å². The van der Waals surface area contributed by atoms with Crippen molar-refractivity contribution in [1.29, 1.82) is 0 Å². The molecule has 4 rings (SSSR count). The lowest BCUT2D eigenvalue weighted by molar-refractivity contribution is -0.142. The molecule has 4 heteroatoms. The van der Waals surface area contributed by atoms with Crippen molar-refractivity contribution in [3.63, 3.8) is 0 Å². The monoisotopic (exact) mass is 442 g/mol. The molecular formula is C28H46N2O2. The van der Waals surface area contributed by atoms with Crippen molar-refractivity contribution >= 4 is 11.8 Å². The lowest BCUT2D eigenvalue weighted by Crippen LogP contribution is -2.61. The third kappa shape index (κ3) is 3.94. The topological polar surface area (TPSA) is 49.4 Å². The van der Waals surface area contributed by atoms with Crippen LogP contribution in [0.3, 0.4) is 0 Å². The lowest BCUT2D eigenvalue weighted by Gasteiger charge is -2.60. The van der Waals surface area contributed by atoms with Gasteiger partial charge in [-0.15, -0.1) is 0 Å². The zero-order chi connectivity index (χ0) is 23.7. The Balaban J connectivity index is 1.64. The highest BCUT2D eigenvalue weighted by molar-refractivity contribution is 6.19. The summed E-state index contributed by atoms with van der Waals surface area (Å²) in [5.74, 6) is 1.82. The normalized spacial score (nSPS) is 39.7. The molecule has 32 heavy (non-hydrogen) atoms. The van der Waals surface area contributed by atoms with Gasteiger partial charge in [0.25, 0.3) is 11.8 Å². The Kier molecular flexibility index (Phi) is 5.66. The fraction of sp³-hybridized carbons (Fsp3) is 0.857. The highest BCUT2D eigenvalue weighted by Crippen LogP contribution is 2.64. The summed E-state index contributed by atoms with van der Waals surface area (Å²) in [6, 6.07) is 0.209. The molecule has 2 amide bonds. The summed E-state index contributed by atoms with van der Waals surface area (Å²) < 4.78 is 0. The molecule has 3 fully saturated rings. The Morgan fingerprint density at radius 2 is 1.75 bits per heavy atom. The van der Waals surface area contributed by atoms with Gasteiger partial charge in [-0.2, -0.15) is 0 Å². The Morgan fingerprint density at radius 1 is 1.06 bits per heavy atom. The minimum Gasteiger partial charge on any atom is -0.347 e. The molecule has 4 aliphatic rings. The molecule has 1 aliphatic heterocycles. The van der Waals surface area contributed by atoms with E-state index in [2.05, 4.69) is 59.9 Å². The van der Waals surface area contributed by atoms with Crippen LogP contribution in [0.1, 0.15) is 99.8 Å². The summed E-state index contributed by atoms with van der Waals surface area (Å²) in [6.45, 7) is 15.6. The van der Waals surface area contributed by atoms with Crippen molar-refractivity contribution in [2.75, 3.05) is 7.05 Å². The molecule has 1 heterocycles. The molecule has 0 spiro atoms. The van der Waals surface area contributed by atoms with E-state index in [0.29, 0.717) is 16.9 Å². The van der Waals surface area contributed by atoms with Gasteiger partial charge in [-0.1, -0.05) is 47.1 Å². The van der Waals surface area contributed by atoms with Gasteiger partial charge in [0.15, 0.2) is 0 Å². The van der Waals surface area contributed by atoms with E-state index in [1.54, 1.807) is 0 Å². The summed E-state index contributed by atoms with van der Waals surface area (Å²) in [6.07, 6.45) is 11.9. The van der Waals surface area contributed by atoms with Gasteiger partial charge in [-0.05, 0) is 87.4 Å². The molecule has 1 unspecified atom stereocenters. The summed E-state index contributed by atoms with van der Waals surface area (Å²) in [5.41, 5.74) is 0.507. The Bertz CT molecular complexity index is 822. The lowest BCUT2D eigenvalue weighted by atomic mass is 9.48. The van der Waals surface area contributed by atoms with E-state index in [1.807, 2.05) is 11.9 Å². The average molecular weight is 443 g/mol. The van der Waals surface area contributed by atoms with Crippen LogP contribution in [0.25, 0.3) is 0 Å². The van der Waals surface area contributed by atoms with E-state index in [0.717, 1.165) is 24.7 Å². The van der Waals surface area contributed by atoms with Gasteiger partial charge in [0, 0.05) is 24.0 Å². The minimum absolute atomic E-state index is 0.0994. The molecule has 0 aromatic rings. The van der Waals surface area contributed by atoms with Crippen LogP contribution in [-0.4, -0.2) is 35.3 Å². The van der Waals surface area contributed by atoms with Crippen molar-refractivity contribution in [3.8, 4) is 0 Å². The number of likely N-dealkylation sites (N-methyl/N-ethyl adjacent to an activating group) is 1. The molecule has 1 N–H and O–H groups in total. The third-order valence-corrected chi connectivity index (χ3v) is 9.65. The zero-order valence-corrected chi connectivity index (χ0v) is 21.8. The largest absolute Gasteiger partial charge is 0.347 e. The Labute approximate surface area is 196 Å². The van der Waals surface area contributed by atoms with Crippen LogP contribution in [0.4, 0.5) is 0 Å². The number of hydrogen-bond acceptors (Lipinski definition) is 2. The highest BCUT2D eigenvalue weighted by Gasteiger charge is 2.59. The number of hydrogen-bond donors (Lipinski definition) is 1. The first-order chi connectivity index (χ1) is 14.7. The van der Waals surface area contributed by atoms with Crippen molar-refractivity contribution in [2.24, 2.45) is 34.0 Å². The number of amides is 2. The number of nitrogens with zero attached hydrogens (tertiary/aromatic N) is 1. The second kappa shape index (κ2) is 7.60. The van der Waals surface area contributed by atoms with Crippen molar-refractivity contribution < 1.29 is 9.59 Å². The van der Waals surface area contributed by atoms with Crippen molar-refractivity contribution in [3.05, 3.63) is 11.6 Å². The van der Waals surface area contributed by atoms with Gasteiger partial charge >= 0.3 is 0 Å². The van der Waals surface area contributed by atoms with Crippen LogP contribution in [0, 0.1) is 34.0 Å². The van der Waals surface area contributed by atoms with E-state index in [4.69, 9.17) is 0 Å². The molecule has 0 aromatic carbocycles. The zero-order valence-electron chi connectivity index (χ0n) is 21.8. The number of carbonyl (C=O) groups is 2. The van der Waals surface area contributed by atoms with E-state index in [9.17, 15) is 9.59 Å². The predicted molar refractivity (Wildman–Crippen MR) is 130 cm³/mol. The molecule has 0 radical (unpaired) electrons.